The first-order valence-electron chi connectivity index (χ1n) is 5.60. The van der Waals surface area contributed by atoms with E-state index in [-0.39, 0.29) is 11.4 Å². The molecule has 0 radical (unpaired) electrons. The molecule has 3 N–H and O–H groups in total. The standard InChI is InChI=1S/C11H14N4O3S/c1-8-2-3-9(6-10(8)12)19(16,17)14-5-4-11-13-7-18-15-11/h2-3,6-7,14H,4-5,12H2,1H3. The van der Waals surface area contributed by atoms with Crippen molar-refractivity contribution in [1.29, 1.82) is 0 Å². The fraction of sp³-hybridized carbons (Fsp3) is 0.273. The molecule has 7 nitrogen and oxygen atoms in total. The summed E-state index contributed by atoms with van der Waals surface area (Å²) in [5, 5.41) is 3.59. The zero-order chi connectivity index (χ0) is 13.9. The third-order valence-corrected chi connectivity index (χ3v) is 4.07. The molecule has 19 heavy (non-hydrogen) atoms. The highest BCUT2D eigenvalue weighted by Crippen LogP contribution is 2.16. The van der Waals surface area contributed by atoms with Gasteiger partial charge in [-0.2, -0.15) is 4.98 Å². The fourth-order valence-corrected chi connectivity index (χ4v) is 2.54. The highest BCUT2D eigenvalue weighted by Gasteiger charge is 2.14. The average Bonchev–Trinajstić information content (AvgIpc) is 2.85. The van der Waals surface area contributed by atoms with Crippen LogP contribution in [0.2, 0.25) is 0 Å². The summed E-state index contributed by atoms with van der Waals surface area (Å²) in [6.45, 7) is 2.01. The highest BCUT2D eigenvalue weighted by atomic mass is 32.2. The van der Waals surface area contributed by atoms with E-state index in [0.717, 1.165) is 5.56 Å². The van der Waals surface area contributed by atoms with E-state index in [1.165, 1.54) is 18.5 Å². The molecule has 0 aliphatic carbocycles. The molecule has 0 aliphatic rings. The van der Waals surface area contributed by atoms with Crippen LogP contribution in [-0.2, 0) is 16.4 Å². The van der Waals surface area contributed by atoms with Gasteiger partial charge in [-0.1, -0.05) is 11.2 Å². The van der Waals surface area contributed by atoms with Crippen LogP contribution in [0.4, 0.5) is 5.69 Å². The molecule has 0 saturated carbocycles. The number of sulfonamides is 1. The smallest absolute Gasteiger partial charge is 0.240 e. The lowest BCUT2D eigenvalue weighted by Gasteiger charge is -2.07. The highest BCUT2D eigenvalue weighted by molar-refractivity contribution is 7.89. The second-order valence-corrected chi connectivity index (χ2v) is 5.78. The molecule has 102 valence electrons. The van der Waals surface area contributed by atoms with Crippen LogP contribution >= 0.6 is 0 Å². The monoisotopic (exact) mass is 282 g/mol. The van der Waals surface area contributed by atoms with E-state index in [9.17, 15) is 8.42 Å². The number of nitrogens with zero attached hydrogens (tertiary/aromatic N) is 2. The van der Waals surface area contributed by atoms with E-state index < -0.39 is 10.0 Å². The molecule has 1 aromatic carbocycles. The van der Waals surface area contributed by atoms with Crippen LogP contribution in [0.5, 0.6) is 0 Å². The predicted octanol–water partition coefficient (Wildman–Crippen LogP) is 0.481. The SMILES string of the molecule is Cc1ccc(S(=O)(=O)NCCc2ncon2)cc1N. The van der Waals surface area contributed by atoms with Gasteiger partial charge in [-0.15, -0.1) is 0 Å². The molecule has 1 aromatic heterocycles. The minimum Gasteiger partial charge on any atom is -0.398 e. The summed E-state index contributed by atoms with van der Waals surface area (Å²) >= 11 is 0. The Kier molecular flexibility index (Phi) is 3.82. The summed E-state index contributed by atoms with van der Waals surface area (Å²) in [4.78, 5) is 3.94. The van der Waals surface area contributed by atoms with Crippen molar-refractivity contribution in [3.63, 3.8) is 0 Å². The molecule has 0 bridgehead atoms. The van der Waals surface area contributed by atoms with Gasteiger partial charge in [0.15, 0.2) is 5.82 Å². The van der Waals surface area contributed by atoms with Crippen LogP contribution < -0.4 is 10.5 Å². The van der Waals surface area contributed by atoms with Gasteiger partial charge in [-0.3, -0.25) is 0 Å². The Morgan fingerprint density at radius 2 is 2.21 bits per heavy atom. The number of nitrogen functional groups attached to an aromatic ring is 1. The van der Waals surface area contributed by atoms with Crippen LogP contribution in [0.3, 0.4) is 0 Å². The van der Waals surface area contributed by atoms with Crippen molar-refractivity contribution in [1.82, 2.24) is 14.9 Å². The van der Waals surface area contributed by atoms with Crippen LogP contribution in [0.25, 0.3) is 0 Å². The van der Waals surface area contributed by atoms with Crippen molar-refractivity contribution in [2.75, 3.05) is 12.3 Å². The predicted molar refractivity (Wildman–Crippen MR) is 68.8 cm³/mol. The summed E-state index contributed by atoms with van der Waals surface area (Å²) in [6, 6.07) is 4.62. The van der Waals surface area contributed by atoms with Gasteiger partial charge in [0.05, 0.1) is 4.90 Å². The van der Waals surface area contributed by atoms with E-state index in [0.29, 0.717) is 17.9 Å². The van der Waals surface area contributed by atoms with E-state index in [1.807, 2.05) is 6.92 Å². The number of nitrogens with one attached hydrogen (secondary N) is 1. The Balaban J connectivity index is 2.03. The largest absolute Gasteiger partial charge is 0.398 e. The van der Waals surface area contributed by atoms with Gasteiger partial charge in [-0.05, 0) is 24.6 Å². The van der Waals surface area contributed by atoms with Crippen LogP contribution in [0.1, 0.15) is 11.4 Å². The Hall–Kier alpha value is -1.93. The number of aromatic nitrogens is 2. The number of benzene rings is 1. The number of nitrogens with two attached hydrogens (primary N) is 1. The summed E-state index contributed by atoms with van der Waals surface area (Å²) in [5.41, 5.74) is 6.98. The topological polar surface area (TPSA) is 111 Å². The summed E-state index contributed by atoms with van der Waals surface area (Å²) < 4.78 is 31.0. The maximum atomic E-state index is 12.0. The molecule has 0 fully saturated rings. The van der Waals surface area contributed by atoms with Crippen LogP contribution in [-0.4, -0.2) is 25.1 Å². The quantitative estimate of drug-likeness (QED) is 0.772. The van der Waals surface area contributed by atoms with Gasteiger partial charge >= 0.3 is 0 Å². The van der Waals surface area contributed by atoms with Crippen molar-refractivity contribution in [2.45, 2.75) is 18.2 Å². The minimum absolute atomic E-state index is 0.142. The summed E-state index contributed by atoms with van der Waals surface area (Å²) in [6.07, 6.45) is 1.56. The molecule has 0 atom stereocenters. The van der Waals surface area contributed by atoms with Gasteiger partial charge in [0.2, 0.25) is 16.4 Å². The number of aryl methyl sites for hydroxylation is 1. The van der Waals surface area contributed by atoms with Crippen molar-refractivity contribution in [3.05, 3.63) is 36.0 Å². The molecule has 0 saturated heterocycles. The Bertz CT molecular complexity index is 653. The van der Waals surface area contributed by atoms with E-state index in [1.54, 1.807) is 6.07 Å². The number of rotatable bonds is 5. The third-order valence-electron chi connectivity index (χ3n) is 2.61. The number of anilines is 1. The molecule has 2 rings (SSSR count). The van der Waals surface area contributed by atoms with E-state index >= 15 is 0 Å². The lowest BCUT2D eigenvalue weighted by atomic mass is 10.2. The molecular formula is C11H14N4O3S. The van der Waals surface area contributed by atoms with Crippen LogP contribution in [0, 0.1) is 6.92 Å². The minimum atomic E-state index is -3.57. The second kappa shape index (κ2) is 5.37. The Labute approximate surface area is 110 Å². The van der Waals surface area contributed by atoms with Crippen molar-refractivity contribution in [3.8, 4) is 0 Å². The Morgan fingerprint density at radius 3 is 2.84 bits per heavy atom. The molecule has 0 spiro atoms. The van der Waals surface area contributed by atoms with Gasteiger partial charge in [0.25, 0.3) is 0 Å². The fourth-order valence-electron chi connectivity index (χ4n) is 1.47. The first-order chi connectivity index (χ1) is 8.99. The van der Waals surface area contributed by atoms with Crippen molar-refractivity contribution < 1.29 is 12.9 Å². The maximum Gasteiger partial charge on any atom is 0.240 e. The number of hydrogen-bond acceptors (Lipinski definition) is 6. The maximum absolute atomic E-state index is 12.0. The molecule has 8 heteroatoms. The summed E-state index contributed by atoms with van der Waals surface area (Å²) in [5.74, 6) is 0.450. The molecule has 1 heterocycles. The molecular weight excluding hydrogens is 268 g/mol. The normalized spacial score (nSPS) is 11.6. The lowest BCUT2D eigenvalue weighted by Crippen LogP contribution is -2.26. The van der Waals surface area contributed by atoms with E-state index in [2.05, 4.69) is 19.4 Å². The molecule has 2 aromatic rings. The van der Waals surface area contributed by atoms with Crippen LogP contribution in [0.15, 0.2) is 34.0 Å². The number of hydrogen-bond donors (Lipinski definition) is 2. The van der Waals surface area contributed by atoms with Crippen molar-refractivity contribution >= 4 is 15.7 Å². The summed E-state index contributed by atoms with van der Waals surface area (Å²) in [7, 11) is -3.57. The average molecular weight is 282 g/mol. The first-order valence-corrected chi connectivity index (χ1v) is 7.08. The van der Waals surface area contributed by atoms with Gasteiger partial charge < -0.3 is 10.3 Å². The Morgan fingerprint density at radius 1 is 1.42 bits per heavy atom. The molecule has 0 aliphatic heterocycles. The second-order valence-electron chi connectivity index (χ2n) is 4.01. The first kappa shape index (κ1) is 13.5. The molecule has 0 amide bonds. The lowest BCUT2D eigenvalue weighted by molar-refractivity contribution is 0.410. The van der Waals surface area contributed by atoms with Gasteiger partial charge in [-0.25, -0.2) is 13.1 Å². The van der Waals surface area contributed by atoms with E-state index in [4.69, 9.17) is 5.73 Å². The van der Waals surface area contributed by atoms with Gasteiger partial charge in [0.1, 0.15) is 0 Å². The zero-order valence-corrected chi connectivity index (χ0v) is 11.1. The molecule has 0 unspecified atom stereocenters. The van der Waals surface area contributed by atoms with Gasteiger partial charge in [0, 0.05) is 18.7 Å². The van der Waals surface area contributed by atoms with Crippen molar-refractivity contribution in [2.24, 2.45) is 0 Å². The third kappa shape index (κ3) is 3.30. The zero-order valence-electron chi connectivity index (χ0n) is 10.3.